The Hall–Kier alpha value is 0.261. The van der Waals surface area contributed by atoms with Gasteiger partial charge in [-0.05, 0) is 0 Å². The molecule has 0 bridgehead atoms. The summed E-state index contributed by atoms with van der Waals surface area (Å²) >= 11 is 0. The molecule has 0 aliphatic carbocycles. The monoisotopic (exact) mass is 296 g/mol. The van der Waals surface area contributed by atoms with Crippen LogP contribution in [0.25, 0.3) is 0 Å². The SMILES string of the molecule is O=C([O-])[C@@H](O)[C@@H](O)[C@@H](O)[C@@H](O)C(=O)[O-].[Sr+2]. The van der Waals surface area contributed by atoms with Gasteiger partial charge in [0.1, 0.15) is 24.4 Å². The number of aliphatic hydroxyl groups excluding tert-OH is 4. The van der Waals surface area contributed by atoms with Crippen LogP contribution in [0.4, 0.5) is 0 Å². The molecule has 0 rings (SSSR count). The molecule has 0 radical (unpaired) electrons. The molecule has 0 spiro atoms. The zero-order chi connectivity index (χ0) is 11.5. The van der Waals surface area contributed by atoms with Gasteiger partial charge >= 0.3 is 45.5 Å². The van der Waals surface area contributed by atoms with Crippen LogP contribution < -0.4 is 10.2 Å². The average molecular weight is 296 g/mol. The Morgan fingerprint density at radius 1 is 0.800 bits per heavy atom. The number of aliphatic hydroxyl groups is 4. The summed E-state index contributed by atoms with van der Waals surface area (Å²) in [5, 5.41) is 54.7. The molecular weight excluding hydrogens is 288 g/mol. The normalized spacial score (nSPS) is 18.1. The number of aliphatic carboxylic acids is 2. The molecule has 0 fully saturated rings. The minimum absolute atomic E-state index is 0. The second-order valence-corrected chi connectivity index (χ2v) is 2.51. The Labute approximate surface area is 121 Å². The van der Waals surface area contributed by atoms with E-state index in [1.54, 1.807) is 0 Å². The number of hydrogen-bond donors (Lipinski definition) is 4. The number of carboxylic acids is 2. The van der Waals surface area contributed by atoms with E-state index >= 15 is 0 Å². The summed E-state index contributed by atoms with van der Waals surface area (Å²) < 4.78 is 0. The van der Waals surface area contributed by atoms with Crippen LogP contribution in [-0.2, 0) is 9.59 Å². The molecule has 0 aromatic carbocycles. The van der Waals surface area contributed by atoms with Crippen molar-refractivity contribution < 1.29 is 40.2 Å². The Balaban J connectivity index is 0. The van der Waals surface area contributed by atoms with Crippen LogP contribution in [0, 0.1) is 0 Å². The first-order valence-electron chi connectivity index (χ1n) is 3.43. The molecule has 0 aromatic rings. The third-order valence-corrected chi connectivity index (χ3v) is 1.48. The topological polar surface area (TPSA) is 161 Å². The van der Waals surface area contributed by atoms with Crippen molar-refractivity contribution in [2.45, 2.75) is 24.4 Å². The first-order chi connectivity index (χ1) is 6.29. The van der Waals surface area contributed by atoms with Crippen molar-refractivity contribution in [1.82, 2.24) is 0 Å². The molecule has 82 valence electrons. The first-order valence-corrected chi connectivity index (χ1v) is 3.43. The predicted octanol–water partition coefficient (Wildman–Crippen LogP) is -6.45. The van der Waals surface area contributed by atoms with Crippen molar-refractivity contribution in [1.29, 1.82) is 0 Å². The zero-order valence-corrected chi connectivity index (χ0v) is 10.9. The van der Waals surface area contributed by atoms with Gasteiger partial charge in [0.25, 0.3) is 0 Å². The fourth-order valence-corrected chi connectivity index (χ4v) is 0.652. The van der Waals surface area contributed by atoms with Crippen molar-refractivity contribution in [2.24, 2.45) is 0 Å². The molecule has 9 heteroatoms. The van der Waals surface area contributed by atoms with Gasteiger partial charge < -0.3 is 40.2 Å². The van der Waals surface area contributed by atoms with Crippen LogP contribution in [0.1, 0.15) is 0 Å². The van der Waals surface area contributed by atoms with Crippen LogP contribution in [0.15, 0.2) is 0 Å². The number of hydrogen-bond acceptors (Lipinski definition) is 8. The van der Waals surface area contributed by atoms with Gasteiger partial charge in [0.2, 0.25) is 0 Å². The summed E-state index contributed by atoms with van der Waals surface area (Å²) in [7, 11) is 0. The summed E-state index contributed by atoms with van der Waals surface area (Å²) in [6, 6.07) is 0. The van der Waals surface area contributed by atoms with E-state index in [9.17, 15) is 19.8 Å². The van der Waals surface area contributed by atoms with Crippen molar-refractivity contribution >= 4 is 57.4 Å². The molecule has 0 aliphatic rings. The number of carboxylic acid groups (broad SMARTS) is 2. The van der Waals surface area contributed by atoms with Gasteiger partial charge in [0.15, 0.2) is 0 Å². The number of carbonyl (C=O) groups excluding carboxylic acids is 2. The van der Waals surface area contributed by atoms with Gasteiger partial charge in [0, 0.05) is 0 Å². The van der Waals surface area contributed by atoms with Crippen LogP contribution in [-0.4, -0.2) is 102 Å². The Kier molecular flexibility index (Phi) is 8.85. The van der Waals surface area contributed by atoms with Gasteiger partial charge in [0.05, 0.1) is 11.9 Å². The summed E-state index contributed by atoms with van der Waals surface area (Å²) in [6.07, 6.45) is -9.76. The minimum atomic E-state index is -2.50. The zero-order valence-electron chi connectivity index (χ0n) is 7.44. The molecule has 15 heavy (non-hydrogen) atoms. The summed E-state index contributed by atoms with van der Waals surface area (Å²) in [5.41, 5.74) is 0. The van der Waals surface area contributed by atoms with Crippen molar-refractivity contribution in [3.05, 3.63) is 0 Å². The van der Waals surface area contributed by atoms with Crippen molar-refractivity contribution in [2.75, 3.05) is 0 Å². The van der Waals surface area contributed by atoms with Gasteiger partial charge in [-0.3, -0.25) is 0 Å². The molecule has 0 aromatic heterocycles. The molecule has 0 unspecified atom stereocenters. The summed E-state index contributed by atoms with van der Waals surface area (Å²) in [6.45, 7) is 0. The maximum absolute atomic E-state index is 9.96. The fourth-order valence-electron chi connectivity index (χ4n) is 0.652. The fraction of sp³-hybridized carbons (Fsp3) is 0.667. The number of rotatable bonds is 5. The first kappa shape index (κ1) is 17.6. The van der Waals surface area contributed by atoms with E-state index in [2.05, 4.69) is 0 Å². The van der Waals surface area contributed by atoms with Gasteiger partial charge in [-0.25, -0.2) is 0 Å². The average Bonchev–Trinajstić information content (AvgIpc) is 2.12. The molecule has 0 saturated carbocycles. The van der Waals surface area contributed by atoms with Crippen molar-refractivity contribution in [3.8, 4) is 0 Å². The van der Waals surface area contributed by atoms with E-state index in [0.717, 1.165) is 0 Å². The van der Waals surface area contributed by atoms with Crippen LogP contribution in [0.3, 0.4) is 0 Å². The Morgan fingerprint density at radius 2 is 1.00 bits per heavy atom. The molecule has 0 saturated heterocycles. The smallest absolute Gasteiger partial charge is 0.547 e. The van der Waals surface area contributed by atoms with Gasteiger partial charge in [-0.15, -0.1) is 0 Å². The van der Waals surface area contributed by atoms with E-state index in [1.165, 1.54) is 0 Å². The van der Waals surface area contributed by atoms with Crippen LogP contribution in [0.2, 0.25) is 0 Å². The Bertz CT molecular complexity index is 207. The second-order valence-electron chi connectivity index (χ2n) is 2.51. The predicted molar refractivity (Wildman–Crippen MR) is 39.8 cm³/mol. The maximum Gasteiger partial charge on any atom is 2.00 e. The summed E-state index contributed by atoms with van der Waals surface area (Å²) in [4.78, 5) is 19.9. The van der Waals surface area contributed by atoms with Crippen LogP contribution >= 0.6 is 0 Å². The van der Waals surface area contributed by atoms with Crippen LogP contribution in [0.5, 0.6) is 0 Å². The van der Waals surface area contributed by atoms with E-state index in [0.29, 0.717) is 0 Å². The number of carbonyl (C=O) groups is 2. The standard InChI is InChI=1S/C6H10O8.Sr/c7-1(3(9)5(11)12)2(8)4(10)6(13)14;/h1-4,7-10H,(H,11,12)(H,13,14);/q;+2/p-2/t1-,2+,3-,4+;. The second kappa shape index (κ2) is 7.52. The largest absolute Gasteiger partial charge is 2.00 e. The third-order valence-electron chi connectivity index (χ3n) is 1.48. The van der Waals surface area contributed by atoms with Gasteiger partial charge in [-0.2, -0.15) is 0 Å². The molecular formula is C6H8O8Sr. The maximum atomic E-state index is 9.96. The molecule has 0 amide bonds. The van der Waals surface area contributed by atoms with Crippen molar-refractivity contribution in [3.63, 3.8) is 0 Å². The van der Waals surface area contributed by atoms with E-state index < -0.39 is 36.4 Å². The van der Waals surface area contributed by atoms with E-state index in [-0.39, 0.29) is 45.5 Å². The minimum Gasteiger partial charge on any atom is -0.547 e. The Morgan fingerprint density at radius 3 is 1.13 bits per heavy atom. The summed E-state index contributed by atoms with van der Waals surface area (Å²) in [5.74, 6) is -4.22. The molecule has 0 aliphatic heterocycles. The molecule has 4 N–H and O–H groups in total. The van der Waals surface area contributed by atoms with E-state index in [4.69, 9.17) is 20.4 Å². The molecule has 0 heterocycles. The molecule has 8 nitrogen and oxygen atoms in total. The quantitative estimate of drug-likeness (QED) is 0.364. The van der Waals surface area contributed by atoms with E-state index in [1.807, 2.05) is 0 Å². The third kappa shape index (κ3) is 5.22. The molecule has 4 atom stereocenters. The van der Waals surface area contributed by atoms with Gasteiger partial charge in [-0.1, -0.05) is 0 Å².